The minimum atomic E-state index is -2.88. The lowest BCUT2D eigenvalue weighted by Crippen LogP contribution is -2.43. The van der Waals surface area contributed by atoms with Gasteiger partial charge in [-0.2, -0.15) is 0 Å². The Hall–Kier alpha value is -1.73. The van der Waals surface area contributed by atoms with Gasteiger partial charge in [0.1, 0.15) is 0 Å². The highest BCUT2D eigenvalue weighted by Gasteiger charge is 2.42. The SMILES string of the molecule is O=C(CNC(=O)C1CC(F)(F)CN1)Nc1ccc(Cl)cc1. The quantitative estimate of drug-likeness (QED) is 0.786. The largest absolute Gasteiger partial charge is 0.346 e. The van der Waals surface area contributed by atoms with Crippen LogP contribution >= 0.6 is 11.6 Å². The molecule has 21 heavy (non-hydrogen) atoms. The second-order valence-corrected chi connectivity index (χ2v) is 5.20. The van der Waals surface area contributed by atoms with E-state index in [2.05, 4.69) is 16.0 Å². The number of carbonyl (C=O) groups is 2. The van der Waals surface area contributed by atoms with Crippen LogP contribution in [0.3, 0.4) is 0 Å². The van der Waals surface area contributed by atoms with E-state index < -0.39 is 36.7 Å². The van der Waals surface area contributed by atoms with E-state index in [4.69, 9.17) is 11.6 Å². The highest BCUT2D eigenvalue weighted by atomic mass is 35.5. The lowest BCUT2D eigenvalue weighted by Gasteiger charge is -2.11. The van der Waals surface area contributed by atoms with Crippen molar-refractivity contribution < 1.29 is 18.4 Å². The van der Waals surface area contributed by atoms with Crippen molar-refractivity contribution in [1.82, 2.24) is 10.6 Å². The molecule has 0 saturated carbocycles. The van der Waals surface area contributed by atoms with E-state index in [1.165, 1.54) is 0 Å². The first kappa shape index (κ1) is 15.7. The summed E-state index contributed by atoms with van der Waals surface area (Å²) in [6.45, 7) is -0.812. The number of rotatable bonds is 4. The summed E-state index contributed by atoms with van der Waals surface area (Å²) in [6.07, 6.45) is -0.558. The van der Waals surface area contributed by atoms with Gasteiger partial charge >= 0.3 is 0 Å². The number of alkyl halides is 2. The Balaban J connectivity index is 1.76. The molecule has 5 nitrogen and oxygen atoms in total. The molecule has 114 valence electrons. The Morgan fingerprint density at radius 2 is 2.00 bits per heavy atom. The molecular weight excluding hydrogens is 304 g/mol. The number of hydrogen-bond donors (Lipinski definition) is 3. The van der Waals surface area contributed by atoms with Gasteiger partial charge in [0.2, 0.25) is 11.8 Å². The molecule has 2 amide bonds. The van der Waals surface area contributed by atoms with Crippen LogP contribution in [0.2, 0.25) is 5.02 Å². The van der Waals surface area contributed by atoms with Gasteiger partial charge in [0.05, 0.1) is 19.1 Å². The predicted molar refractivity (Wildman–Crippen MR) is 74.4 cm³/mol. The normalized spacial score (nSPS) is 20.0. The first-order valence-electron chi connectivity index (χ1n) is 6.30. The maximum Gasteiger partial charge on any atom is 0.262 e. The average molecular weight is 318 g/mol. The summed E-state index contributed by atoms with van der Waals surface area (Å²) in [7, 11) is 0. The topological polar surface area (TPSA) is 70.2 Å². The van der Waals surface area contributed by atoms with Crippen LogP contribution in [0.5, 0.6) is 0 Å². The Labute approximate surface area is 125 Å². The zero-order chi connectivity index (χ0) is 15.5. The molecule has 1 atom stereocenters. The van der Waals surface area contributed by atoms with E-state index in [0.717, 1.165) is 0 Å². The third-order valence-electron chi connectivity index (χ3n) is 2.98. The average Bonchev–Trinajstić information content (AvgIpc) is 2.79. The Bertz CT molecular complexity index is 537. The molecule has 0 aromatic heterocycles. The second-order valence-electron chi connectivity index (χ2n) is 4.77. The van der Waals surface area contributed by atoms with E-state index >= 15 is 0 Å². The number of amides is 2. The molecule has 3 N–H and O–H groups in total. The van der Waals surface area contributed by atoms with Crippen LogP contribution in [0.15, 0.2) is 24.3 Å². The number of halogens is 3. The fourth-order valence-electron chi connectivity index (χ4n) is 1.93. The van der Waals surface area contributed by atoms with Crippen LogP contribution in [-0.2, 0) is 9.59 Å². The van der Waals surface area contributed by atoms with Crippen molar-refractivity contribution in [2.45, 2.75) is 18.4 Å². The molecule has 8 heteroatoms. The summed E-state index contributed by atoms with van der Waals surface area (Å²) < 4.78 is 25.9. The van der Waals surface area contributed by atoms with Gasteiger partial charge in [0.25, 0.3) is 5.92 Å². The third-order valence-corrected chi connectivity index (χ3v) is 3.23. The van der Waals surface area contributed by atoms with Gasteiger partial charge in [0.15, 0.2) is 0 Å². The molecule has 0 radical (unpaired) electrons. The summed E-state index contributed by atoms with van der Waals surface area (Å²) >= 11 is 5.71. The van der Waals surface area contributed by atoms with Gasteiger partial charge in [-0.25, -0.2) is 8.78 Å². The van der Waals surface area contributed by atoms with E-state index in [1.54, 1.807) is 24.3 Å². The maximum atomic E-state index is 12.9. The Morgan fingerprint density at radius 3 is 2.57 bits per heavy atom. The number of benzene rings is 1. The molecule has 1 unspecified atom stereocenters. The summed E-state index contributed by atoms with van der Waals surface area (Å²) in [5.74, 6) is -3.94. The third kappa shape index (κ3) is 4.64. The van der Waals surface area contributed by atoms with Crippen LogP contribution in [0.4, 0.5) is 14.5 Å². The minimum absolute atomic E-state index is 0.286. The van der Waals surface area contributed by atoms with Crippen molar-refractivity contribution in [2.75, 3.05) is 18.4 Å². The van der Waals surface area contributed by atoms with Crippen molar-refractivity contribution >= 4 is 29.1 Å². The second kappa shape index (κ2) is 6.36. The first-order valence-corrected chi connectivity index (χ1v) is 6.68. The molecule has 1 fully saturated rings. The van der Waals surface area contributed by atoms with Gasteiger partial charge in [-0.3, -0.25) is 14.9 Å². The van der Waals surface area contributed by atoms with E-state index in [-0.39, 0.29) is 6.54 Å². The van der Waals surface area contributed by atoms with Crippen LogP contribution in [0.25, 0.3) is 0 Å². The molecule has 0 bridgehead atoms. The van der Waals surface area contributed by atoms with Crippen LogP contribution in [-0.4, -0.2) is 36.9 Å². The van der Waals surface area contributed by atoms with Gasteiger partial charge < -0.3 is 10.6 Å². The fraction of sp³-hybridized carbons (Fsp3) is 0.385. The summed E-state index contributed by atoms with van der Waals surface area (Å²) in [5, 5.41) is 7.83. The number of carbonyl (C=O) groups excluding carboxylic acids is 2. The standard InChI is InChI=1S/C13H14ClF2N3O2/c14-8-1-3-9(4-2-8)19-11(20)6-17-12(21)10-5-13(15,16)7-18-10/h1-4,10,18H,5-7H2,(H,17,21)(H,19,20). The Kier molecular flexibility index (Phi) is 4.74. The van der Waals surface area contributed by atoms with E-state index in [1.807, 2.05) is 0 Å². The highest BCUT2D eigenvalue weighted by molar-refractivity contribution is 6.30. The summed E-state index contributed by atoms with van der Waals surface area (Å²) in [4.78, 5) is 23.2. The van der Waals surface area contributed by atoms with Gasteiger partial charge in [0, 0.05) is 17.1 Å². The molecule has 0 spiro atoms. The van der Waals surface area contributed by atoms with Crippen molar-refractivity contribution in [3.05, 3.63) is 29.3 Å². The van der Waals surface area contributed by atoms with E-state index in [9.17, 15) is 18.4 Å². The fourth-order valence-corrected chi connectivity index (χ4v) is 2.06. The molecule has 1 heterocycles. The smallest absolute Gasteiger partial charge is 0.262 e. The van der Waals surface area contributed by atoms with Crippen LogP contribution in [0, 0.1) is 0 Å². The minimum Gasteiger partial charge on any atom is -0.346 e. The van der Waals surface area contributed by atoms with Gasteiger partial charge in [-0.1, -0.05) is 11.6 Å². The summed E-state index contributed by atoms with van der Waals surface area (Å²) in [5.41, 5.74) is 0.532. The van der Waals surface area contributed by atoms with Crippen LogP contribution in [0.1, 0.15) is 6.42 Å². The van der Waals surface area contributed by atoms with Crippen molar-refractivity contribution in [2.24, 2.45) is 0 Å². The highest BCUT2D eigenvalue weighted by Crippen LogP contribution is 2.24. The van der Waals surface area contributed by atoms with Gasteiger partial charge in [-0.05, 0) is 24.3 Å². The molecule has 1 saturated heterocycles. The van der Waals surface area contributed by atoms with Crippen molar-refractivity contribution in [1.29, 1.82) is 0 Å². The molecule has 0 aliphatic carbocycles. The first-order chi connectivity index (χ1) is 9.85. The van der Waals surface area contributed by atoms with Crippen LogP contribution < -0.4 is 16.0 Å². The molecular formula is C13H14ClF2N3O2. The zero-order valence-electron chi connectivity index (χ0n) is 11.0. The lowest BCUT2D eigenvalue weighted by atomic mass is 10.2. The molecule has 2 rings (SSSR count). The molecule has 1 aromatic rings. The zero-order valence-corrected chi connectivity index (χ0v) is 11.7. The van der Waals surface area contributed by atoms with Gasteiger partial charge in [-0.15, -0.1) is 0 Å². The maximum absolute atomic E-state index is 12.9. The Morgan fingerprint density at radius 1 is 1.33 bits per heavy atom. The number of anilines is 1. The molecule has 1 aromatic carbocycles. The predicted octanol–water partition coefficient (Wildman–Crippen LogP) is 1.39. The molecule has 1 aliphatic rings. The van der Waals surface area contributed by atoms with Crippen molar-refractivity contribution in [3.8, 4) is 0 Å². The molecule has 1 aliphatic heterocycles. The monoisotopic (exact) mass is 317 g/mol. The summed E-state index contributed by atoms with van der Waals surface area (Å²) in [6, 6.07) is 5.48. The van der Waals surface area contributed by atoms with Crippen molar-refractivity contribution in [3.63, 3.8) is 0 Å². The number of nitrogens with one attached hydrogen (secondary N) is 3. The number of hydrogen-bond acceptors (Lipinski definition) is 3. The lowest BCUT2D eigenvalue weighted by molar-refractivity contribution is -0.125. The van der Waals surface area contributed by atoms with E-state index in [0.29, 0.717) is 10.7 Å².